The first-order valence-electron chi connectivity index (χ1n) is 9.79. The molecule has 2 heterocycles. The molecule has 2 aliphatic heterocycles. The Morgan fingerprint density at radius 1 is 1.15 bits per heavy atom. The highest BCUT2D eigenvalue weighted by Crippen LogP contribution is 2.32. The Balaban J connectivity index is 1.55. The molecule has 27 heavy (non-hydrogen) atoms. The summed E-state index contributed by atoms with van der Waals surface area (Å²) < 4.78 is 16.4. The maximum Gasteiger partial charge on any atom is 0.231 e. The average Bonchev–Trinajstić information content (AvgIpc) is 3.14. The van der Waals surface area contributed by atoms with Gasteiger partial charge in [-0.25, -0.2) is 0 Å². The fourth-order valence-electron chi connectivity index (χ4n) is 3.49. The number of nitrogens with zero attached hydrogens (tertiary/aromatic N) is 2. The van der Waals surface area contributed by atoms with Crippen LogP contribution in [0.15, 0.2) is 23.2 Å². The Hall–Kier alpha value is -1.99. The average molecular weight is 377 g/mol. The lowest BCUT2D eigenvalue weighted by Crippen LogP contribution is -2.51. The molecule has 7 heteroatoms. The maximum absolute atomic E-state index is 5.55. The van der Waals surface area contributed by atoms with E-state index in [-0.39, 0.29) is 5.54 Å². The van der Waals surface area contributed by atoms with Gasteiger partial charge >= 0.3 is 0 Å². The Labute approximate surface area is 162 Å². The molecule has 0 saturated carbocycles. The Kier molecular flexibility index (Phi) is 6.79. The Bertz CT molecular complexity index is 642. The molecule has 0 amide bonds. The smallest absolute Gasteiger partial charge is 0.231 e. The summed E-state index contributed by atoms with van der Waals surface area (Å²) in [6.45, 7) is 6.43. The minimum atomic E-state index is 0.0813. The summed E-state index contributed by atoms with van der Waals surface area (Å²) in [5.74, 6) is 2.53. The van der Waals surface area contributed by atoms with E-state index in [2.05, 4.69) is 48.7 Å². The van der Waals surface area contributed by atoms with E-state index < -0.39 is 0 Å². The third-order valence-electron chi connectivity index (χ3n) is 5.39. The first-order chi connectivity index (χ1) is 13.1. The topological polar surface area (TPSA) is 67.4 Å². The minimum absolute atomic E-state index is 0.0813. The van der Waals surface area contributed by atoms with Crippen molar-refractivity contribution in [3.05, 3.63) is 23.8 Å². The highest BCUT2D eigenvalue weighted by molar-refractivity contribution is 5.79. The molecule has 7 nitrogen and oxygen atoms in total. The summed E-state index contributed by atoms with van der Waals surface area (Å²) in [5, 5.41) is 6.80. The van der Waals surface area contributed by atoms with E-state index >= 15 is 0 Å². The number of aliphatic imine (C=N–C) groups is 1. The molecule has 3 rings (SSSR count). The number of fused-ring (bicyclic) bond motifs is 1. The van der Waals surface area contributed by atoms with Crippen molar-refractivity contribution in [2.45, 2.75) is 31.7 Å². The van der Waals surface area contributed by atoms with Crippen LogP contribution in [0.25, 0.3) is 0 Å². The first-order valence-corrected chi connectivity index (χ1v) is 9.79. The highest BCUT2D eigenvalue weighted by atomic mass is 16.7. The van der Waals surface area contributed by atoms with Crippen molar-refractivity contribution >= 4 is 5.96 Å². The fourth-order valence-corrected chi connectivity index (χ4v) is 3.49. The number of nitrogens with one attached hydrogen (secondary N) is 2. The molecule has 0 atom stereocenters. The van der Waals surface area contributed by atoms with Gasteiger partial charge < -0.3 is 29.7 Å². The van der Waals surface area contributed by atoms with Crippen molar-refractivity contribution in [3.8, 4) is 11.5 Å². The fraction of sp³-hybridized carbons (Fsp3) is 0.650. The summed E-state index contributed by atoms with van der Waals surface area (Å²) in [5.41, 5.74) is 1.30. The third kappa shape index (κ3) is 5.05. The second kappa shape index (κ2) is 9.28. The van der Waals surface area contributed by atoms with E-state index in [0.717, 1.165) is 69.6 Å². The van der Waals surface area contributed by atoms with Crippen molar-refractivity contribution in [2.75, 3.05) is 53.7 Å². The van der Waals surface area contributed by atoms with Crippen LogP contribution < -0.4 is 20.1 Å². The van der Waals surface area contributed by atoms with Gasteiger partial charge in [0.1, 0.15) is 0 Å². The predicted molar refractivity (Wildman–Crippen MR) is 107 cm³/mol. The zero-order chi connectivity index (χ0) is 19.1. The van der Waals surface area contributed by atoms with E-state index in [1.165, 1.54) is 5.56 Å². The molecule has 0 spiro atoms. The number of hydrogen-bond donors (Lipinski definition) is 2. The second-order valence-corrected chi connectivity index (χ2v) is 7.29. The summed E-state index contributed by atoms with van der Waals surface area (Å²) in [6.07, 6.45) is 2.92. The second-order valence-electron chi connectivity index (χ2n) is 7.29. The van der Waals surface area contributed by atoms with E-state index in [1.807, 2.05) is 6.07 Å². The van der Waals surface area contributed by atoms with Crippen LogP contribution in [0.3, 0.4) is 0 Å². The highest BCUT2D eigenvalue weighted by Gasteiger charge is 2.34. The number of rotatable bonds is 7. The normalized spacial score (nSPS) is 18.6. The summed E-state index contributed by atoms with van der Waals surface area (Å²) in [4.78, 5) is 7.17. The third-order valence-corrected chi connectivity index (χ3v) is 5.39. The molecular weight excluding hydrogens is 344 g/mol. The Morgan fingerprint density at radius 2 is 1.93 bits per heavy atom. The number of hydrogen-bond acceptors (Lipinski definition) is 5. The zero-order valence-electron chi connectivity index (χ0n) is 16.7. The quantitative estimate of drug-likeness (QED) is 0.557. The van der Waals surface area contributed by atoms with Crippen LogP contribution in [0, 0.1) is 0 Å². The van der Waals surface area contributed by atoms with Gasteiger partial charge in [-0.05, 0) is 58.0 Å². The maximum atomic E-state index is 5.55. The number of likely N-dealkylation sites (N-methyl/N-ethyl adjacent to an activating group) is 1. The summed E-state index contributed by atoms with van der Waals surface area (Å²) in [7, 11) is 4.28. The van der Waals surface area contributed by atoms with E-state index in [1.54, 1.807) is 0 Å². The van der Waals surface area contributed by atoms with E-state index in [4.69, 9.17) is 19.2 Å². The predicted octanol–water partition coefficient (Wildman–Crippen LogP) is 1.62. The van der Waals surface area contributed by atoms with Gasteiger partial charge in [-0.3, -0.25) is 4.99 Å². The van der Waals surface area contributed by atoms with Gasteiger partial charge in [-0.2, -0.15) is 0 Å². The molecule has 2 N–H and O–H groups in total. The zero-order valence-corrected chi connectivity index (χ0v) is 16.7. The lowest BCUT2D eigenvalue weighted by atomic mass is 9.89. The summed E-state index contributed by atoms with van der Waals surface area (Å²) >= 11 is 0. The van der Waals surface area contributed by atoms with Crippen LogP contribution in [0.1, 0.15) is 25.3 Å². The first kappa shape index (κ1) is 19.8. The monoisotopic (exact) mass is 376 g/mol. The lowest BCUT2D eigenvalue weighted by molar-refractivity contribution is -0.00254. The van der Waals surface area contributed by atoms with Crippen molar-refractivity contribution in [1.82, 2.24) is 15.5 Å². The molecule has 2 aliphatic rings. The molecule has 0 bridgehead atoms. The van der Waals surface area contributed by atoms with Gasteiger partial charge in [0.2, 0.25) is 6.79 Å². The minimum Gasteiger partial charge on any atom is -0.454 e. The lowest BCUT2D eigenvalue weighted by Gasteiger charge is -2.41. The van der Waals surface area contributed by atoms with Crippen LogP contribution in [0.2, 0.25) is 0 Å². The van der Waals surface area contributed by atoms with Gasteiger partial charge in [-0.1, -0.05) is 6.07 Å². The van der Waals surface area contributed by atoms with Crippen molar-refractivity contribution in [2.24, 2.45) is 4.99 Å². The van der Waals surface area contributed by atoms with Gasteiger partial charge in [0.25, 0.3) is 0 Å². The Morgan fingerprint density at radius 3 is 2.67 bits per heavy atom. The van der Waals surface area contributed by atoms with Crippen LogP contribution >= 0.6 is 0 Å². The van der Waals surface area contributed by atoms with Crippen LogP contribution in [-0.2, 0) is 11.2 Å². The van der Waals surface area contributed by atoms with Gasteiger partial charge in [0.15, 0.2) is 17.5 Å². The van der Waals surface area contributed by atoms with Crippen molar-refractivity contribution < 1.29 is 14.2 Å². The van der Waals surface area contributed by atoms with E-state index in [9.17, 15) is 0 Å². The molecular formula is C20H32N4O3. The van der Waals surface area contributed by atoms with Crippen molar-refractivity contribution in [3.63, 3.8) is 0 Å². The van der Waals surface area contributed by atoms with Gasteiger partial charge in [0, 0.05) is 31.8 Å². The van der Waals surface area contributed by atoms with Crippen LogP contribution in [0.4, 0.5) is 0 Å². The molecule has 0 unspecified atom stereocenters. The largest absolute Gasteiger partial charge is 0.454 e. The van der Waals surface area contributed by atoms with Gasteiger partial charge in [-0.15, -0.1) is 0 Å². The molecule has 0 aliphatic carbocycles. The van der Waals surface area contributed by atoms with Crippen molar-refractivity contribution in [1.29, 1.82) is 0 Å². The number of ether oxygens (including phenoxy) is 3. The molecule has 1 aromatic carbocycles. The SMILES string of the molecule is CCNC(=NCC1(N(C)C)CCOCC1)NCCc1ccc2c(c1)OCO2. The molecule has 1 saturated heterocycles. The molecule has 0 radical (unpaired) electrons. The van der Waals surface area contributed by atoms with Gasteiger partial charge in [0.05, 0.1) is 6.54 Å². The number of benzene rings is 1. The molecule has 150 valence electrons. The summed E-state index contributed by atoms with van der Waals surface area (Å²) in [6, 6.07) is 6.11. The van der Waals surface area contributed by atoms with Crippen LogP contribution in [-0.4, -0.2) is 70.1 Å². The molecule has 0 aromatic heterocycles. The number of guanidine groups is 1. The standard InChI is InChI=1S/C20H32N4O3/c1-4-21-19(23-14-20(24(2)3)8-11-25-12-9-20)22-10-7-16-5-6-17-18(13-16)27-15-26-17/h5-6,13H,4,7-12,14-15H2,1-3H3,(H2,21,22,23). The molecule has 1 fully saturated rings. The molecule has 1 aromatic rings. The van der Waals surface area contributed by atoms with Crippen LogP contribution in [0.5, 0.6) is 11.5 Å². The van der Waals surface area contributed by atoms with E-state index in [0.29, 0.717) is 6.79 Å².